The predicted octanol–water partition coefficient (Wildman–Crippen LogP) is 5.98. The Kier molecular flexibility index (Phi) is 3.57. The summed E-state index contributed by atoms with van der Waals surface area (Å²) >= 11 is 5.94. The minimum atomic E-state index is -0.370. The van der Waals surface area contributed by atoms with Crippen molar-refractivity contribution in [2.75, 3.05) is 0 Å². The van der Waals surface area contributed by atoms with Crippen LogP contribution in [0.1, 0.15) is 68.9 Å². The van der Waals surface area contributed by atoms with Gasteiger partial charge in [0.25, 0.3) is 0 Å². The molecule has 2 aliphatic rings. The number of hydrogen-bond donors (Lipinski definition) is 0. The lowest BCUT2D eigenvalue weighted by molar-refractivity contribution is 0.414. The molecule has 1 aromatic carbocycles. The lowest BCUT2D eigenvalue weighted by atomic mass is 9.94. The minimum absolute atomic E-state index is 0.127. The molecule has 1 fully saturated rings. The van der Waals surface area contributed by atoms with E-state index in [1.54, 1.807) is 23.0 Å². The van der Waals surface area contributed by atoms with Gasteiger partial charge in [-0.25, -0.2) is 14.1 Å². The third kappa shape index (κ3) is 2.55. The van der Waals surface area contributed by atoms with E-state index in [1.165, 1.54) is 11.6 Å². The molecular weight excluding hydrogens is 365 g/mol. The van der Waals surface area contributed by atoms with Gasteiger partial charge in [0.15, 0.2) is 5.69 Å². The molecular formula is C21H21ClFN3O. The standard InChI is InChI=1S/C21H21ClFN3O/c1-21(2,3)16-10-24-20(27-16)18-17-11-4-5-12(8-11)19(17)26(25-18)15-7-6-13(22)9-14(15)23/h6-7,9-12H,4-5,8H2,1-3H3/t11-,12-/m1/s1. The molecule has 2 atom stereocenters. The quantitative estimate of drug-likeness (QED) is 0.544. The number of rotatable bonds is 2. The summed E-state index contributed by atoms with van der Waals surface area (Å²) in [5.74, 6) is 1.84. The molecule has 1 saturated carbocycles. The normalized spacial score (nSPS) is 21.1. The zero-order chi connectivity index (χ0) is 18.9. The molecule has 140 valence electrons. The first kappa shape index (κ1) is 17.0. The molecule has 0 spiro atoms. The Bertz CT molecular complexity index is 1050. The smallest absolute Gasteiger partial charge is 0.247 e. The van der Waals surface area contributed by atoms with E-state index in [-0.39, 0.29) is 11.2 Å². The van der Waals surface area contributed by atoms with Crippen molar-refractivity contribution in [3.05, 3.63) is 52.3 Å². The van der Waals surface area contributed by atoms with Gasteiger partial charge in [-0.2, -0.15) is 5.10 Å². The fourth-order valence-electron chi connectivity index (χ4n) is 4.46. The first-order valence-electron chi connectivity index (χ1n) is 9.38. The van der Waals surface area contributed by atoms with E-state index in [2.05, 4.69) is 25.8 Å². The molecule has 6 heteroatoms. The SMILES string of the molecule is CC(C)(C)c1cnc(-c2nn(-c3ccc(Cl)cc3F)c3c2[C@@H]2CC[C@@H]3C2)o1. The number of halogens is 2. The Balaban J connectivity index is 1.70. The van der Waals surface area contributed by atoms with Crippen LogP contribution in [0.3, 0.4) is 0 Å². The maximum absolute atomic E-state index is 14.6. The second kappa shape index (κ2) is 5.68. The van der Waals surface area contributed by atoms with Crippen LogP contribution >= 0.6 is 11.6 Å². The molecule has 3 aromatic rings. The summed E-state index contributed by atoms with van der Waals surface area (Å²) in [4.78, 5) is 4.50. The molecule has 2 bridgehead atoms. The van der Waals surface area contributed by atoms with Crippen molar-refractivity contribution >= 4 is 11.6 Å². The van der Waals surface area contributed by atoms with Crippen LogP contribution in [0, 0.1) is 5.82 Å². The number of oxazole rings is 1. The molecule has 27 heavy (non-hydrogen) atoms. The molecule has 0 unspecified atom stereocenters. The Morgan fingerprint density at radius 2 is 2.00 bits per heavy atom. The van der Waals surface area contributed by atoms with Gasteiger partial charge >= 0.3 is 0 Å². The Hall–Kier alpha value is -2.14. The Morgan fingerprint density at radius 1 is 1.22 bits per heavy atom. The number of benzene rings is 1. The van der Waals surface area contributed by atoms with Crippen LogP contribution in [-0.2, 0) is 5.41 Å². The molecule has 4 nitrogen and oxygen atoms in total. The minimum Gasteiger partial charge on any atom is -0.439 e. The Morgan fingerprint density at radius 3 is 2.70 bits per heavy atom. The van der Waals surface area contributed by atoms with E-state index >= 15 is 0 Å². The van der Waals surface area contributed by atoms with E-state index in [4.69, 9.17) is 21.1 Å². The van der Waals surface area contributed by atoms with Crippen LogP contribution in [0.4, 0.5) is 4.39 Å². The van der Waals surface area contributed by atoms with Crippen molar-refractivity contribution in [1.29, 1.82) is 0 Å². The first-order valence-corrected chi connectivity index (χ1v) is 9.75. The van der Waals surface area contributed by atoms with Crippen molar-refractivity contribution in [3.8, 4) is 17.3 Å². The van der Waals surface area contributed by atoms with E-state index in [0.29, 0.717) is 28.4 Å². The highest BCUT2D eigenvalue weighted by Crippen LogP contribution is 2.56. The lowest BCUT2D eigenvalue weighted by Gasteiger charge is -2.14. The van der Waals surface area contributed by atoms with Crippen LogP contribution in [0.5, 0.6) is 0 Å². The van der Waals surface area contributed by atoms with Gasteiger partial charge in [-0.1, -0.05) is 32.4 Å². The number of hydrogen-bond acceptors (Lipinski definition) is 3. The molecule has 0 saturated heterocycles. The zero-order valence-corrected chi connectivity index (χ0v) is 16.3. The van der Waals surface area contributed by atoms with Gasteiger partial charge in [-0.15, -0.1) is 0 Å². The van der Waals surface area contributed by atoms with E-state index in [9.17, 15) is 4.39 Å². The van der Waals surface area contributed by atoms with Gasteiger partial charge in [-0.05, 0) is 43.4 Å². The summed E-state index contributed by atoms with van der Waals surface area (Å²) in [7, 11) is 0. The average molecular weight is 386 g/mol. The highest BCUT2D eigenvalue weighted by Gasteiger charge is 2.44. The van der Waals surface area contributed by atoms with Gasteiger partial charge in [0.2, 0.25) is 5.89 Å². The van der Waals surface area contributed by atoms with Gasteiger partial charge in [0, 0.05) is 21.9 Å². The topological polar surface area (TPSA) is 43.9 Å². The molecule has 2 heterocycles. The van der Waals surface area contributed by atoms with Crippen LogP contribution in [0.15, 0.2) is 28.8 Å². The van der Waals surface area contributed by atoms with Crippen molar-refractivity contribution < 1.29 is 8.81 Å². The number of nitrogens with zero attached hydrogens (tertiary/aromatic N) is 3. The molecule has 2 aliphatic carbocycles. The average Bonchev–Trinajstić information content (AvgIpc) is 3.35. The first-order chi connectivity index (χ1) is 12.8. The Labute approximate surface area is 162 Å². The fraction of sp³-hybridized carbons (Fsp3) is 0.429. The molecule has 0 radical (unpaired) electrons. The maximum Gasteiger partial charge on any atom is 0.247 e. The van der Waals surface area contributed by atoms with Crippen molar-refractivity contribution in [2.45, 2.75) is 57.3 Å². The molecule has 0 aliphatic heterocycles. The summed E-state index contributed by atoms with van der Waals surface area (Å²) in [6.45, 7) is 6.27. The van der Waals surface area contributed by atoms with E-state index in [0.717, 1.165) is 36.4 Å². The van der Waals surface area contributed by atoms with Gasteiger partial charge in [0.1, 0.15) is 17.3 Å². The lowest BCUT2D eigenvalue weighted by Crippen LogP contribution is -2.09. The molecule has 2 aromatic heterocycles. The van der Waals surface area contributed by atoms with Crippen molar-refractivity contribution in [2.24, 2.45) is 0 Å². The number of fused-ring (bicyclic) bond motifs is 5. The predicted molar refractivity (Wildman–Crippen MR) is 102 cm³/mol. The van der Waals surface area contributed by atoms with Crippen LogP contribution in [0.2, 0.25) is 5.02 Å². The van der Waals surface area contributed by atoms with Gasteiger partial charge in [-0.3, -0.25) is 0 Å². The molecule has 5 rings (SSSR count). The number of aromatic nitrogens is 3. The van der Waals surface area contributed by atoms with Crippen LogP contribution < -0.4 is 0 Å². The monoisotopic (exact) mass is 385 g/mol. The largest absolute Gasteiger partial charge is 0.439 e. The second-order valence-corrected chi connectivity index (χ2v) is 9.08. The summed E-state index contributed by atoms with van der Waals surface area (Å²) < 4.78 is 22.4. The highest BCUT2D eigenvalue weighted by atomic mass is 35.5. The van der Waals surface area contributed by atoms with E-state index in [1.807, 2.05) is 0 Å². The van der Waals surface area contributed by atoms with Gasteiger partial charge < -0.3 is 4.42 Å². The summed E-state index contributed by atoms with van der Waals surface area (Å²) in [6, 6.07) is 4.72. The van der Waals surface area contributed by atoms with E-state index < -0.39 is 0 Å². The second-order valence-electron chi connectivity index (χ2n) is 8.64. The summed E-state index contributed by atoms with van der Waals surface area (Å²) in [5.41, 5.74) is 3.35. The van der Waals surface area contributed by atoms with Crippen molar-refractivity contribution in [1.82, 2.24) is 14.8 Å². The summed E-state index contributed by atoms with van der Waals surface area (Å²) in [5, 5.41) is 5.16. The van der Waals surface area contributed by atoms with Crippen LogP contribution in [-0.4, -0.2) is 14.8 Å². The summed E-state index contributed by atoms with van der Waals surface area (Å²) in [6.07, 6.45) is 5.14. The zero-order valence-electron chi connectivity index (χ0n) is 15.6. The van der Waals surface area contributed by atoms with Gasteiger partial charge in [0.05, 0.1) is 11.9 Å². The van der Waals surface area contributed by atoms with Crippen LogP contribution in [0.25, 0.3) is 17.3 Å². The van der Waals surface area contributed by atoms with Crippen molar-refractivity contribution in [3.63, 3.8) is 0 Å². The molecule has 0 amide bonds. The molecule has 0 N–H and O–H groups in total. The third-order valence-electron chi connectivity index (χ3n) is 5.77. The maximum atomic E-state index is 14.6. The highest BCUT2D eigenvalue weighted by molar-refractivity contribution is 6.30. The fourth-order valence-corrected chi connectivity index (χ4v) is 4.61. The third-order valence-corrected chi connectivity index (χ3v) is 6.01.